The third-order valence-electron chi connectivity index (χ3n) is 1.21. The van der Waals surface area contributed by atoms with Gasteiger partial charge in [0, 0.05) is 0 Å². The van der Waals surface area contributed by atoms with E-state index in [9.17, 15) is 0 Å². The van der Waals surface area contributed by atoms with E-state index in [1.807, 2.05) is 0 Å². The Morgan fingerprint density at radius 3 is 2.44 bits per heavy atom. The Balaban J connectivity index is 3.01. The van der Waals surface area contributed by atoms with Gasteiger partial charge in [-0.2, -0.15) is 0 Å². The summed E-state index contributed by atoms with van der Waals surface area (Å²) in [4.78, 5) is 0. The zero-order valence-corrected chi connectivity index (χ0v) is 9.84. The van der Waals surface area contributed by atoms with Gasteiger partial charge in [-0.3, -0.25) is 0 Å². The summed E-state index contributed by atoms with van der Waals surface area (Å²) in [6, 6.07) is 8.64. The van der Waals surface area contributed by atoms with E-state index in [4.69, 9.17) is 0 Å². The predicted octanol–water partition coefficient (Wildman–Crippen LogP) is 1.67. The van der Waals surface area contributed by atoms with Crippen LogP contribution in [0, 0.1) is 6.92 Å². The fraction of sp³-hybridized carbons (Fsp3) is 0.143. The van der Waals surface area contributed by atoms with E-state index in [1.165, 1.54) is 5.56 Å². The summed E-state index contributed by atoms with van der Waals surface area (Å²) in [6.45, 7) is 2.18. The van der Waals surface area contributed by atoms with Gasteiger partial charge in [0.1, 0.15) is 0 Å². The maximum absolute atomic E-state index is 2.53. The summed E-state index contributed by atoms with van der Waals surface area (Å²) in [5.74, 6) is 0. The summed E-state index contributed by atoms with van der Waals surface area (Å²) in [7, 11) is 0. The van der Waals surface area contributed by atoms with E-state index in [2.05, 4.69) is 49.7 Å². The Kier molecular flexibility index (Phi) is 3.34. The third kappa shape index (κ3) is 2.12. The molecule has 0 heterocycles. The van der Waals surface area contributed by atoms with Crippen LogP contribution in [-0.2, 0) is 0 Å². The Bertz CT molecular complexity index is 198. The van der Waals surface area contributed by atoms with Crippen molar-refractivity contribution in [3.63, 3.8) is 0 Å². The molecule has 0 N–H and O–H groups in total. The van der Waals surface area contributed by atoms with Crippen molar-refractivity contribution in [1.82, 2.24) is 0 Å². The van der Waals surface area contributed by atoms with Crippen molar-refractivity contribution >= 4 is 39.6 Å². The molecule has 1 aromatic carbocycles. The molecular weight excluding hydrogens is 333 g/mol. The molecule has 0 spiro atoms. The summed E-state index contributed by atoms with van der Waals surface area (Å²) in [6.07, 6.45) is 0. The number of hydrogen-bond donors (Lipinski definition) is 0. The number of benzene rings is 1. The SMILES string of the molecule is Cc1cccc[c]1[Sb][I]. The van der Waals surface area contributed by atoms with Crippen molar-refractivity contribution in [2.24, 2.45) is 0 Å². The fourth-order valence-corrected chi connectivity index (χ4v) is 5.29. The van der Waals surface area contributed by atoms with Crippen molar-refractivity contribution in [2.75, 3.05) is 0 Å². The first-order valence-electron chi connectivity index (χ1n) is 2.72. The van der Waals surface area contributed by atoms with Gasteiger partial charge >= 0.3 is 76.4 Å². The van der Waals surface area contributed by atoms with E-state index in [-0.39, 0.29) is 17.6 Å². The van der Waals surface area contributed by atoms with Crippen molar-refractivity contribution in [2.45, 2.75) is 6.92 Å². The zero-order valence-electron chi connectivity index (χ0n) is 5.13. The summed E-state index contributed by atoms with van der Waals surface area (Å²) in [5.41, 5.74) is 1.46. The Hall–Kier alpha value is 0.768. The van der Waals surface area contributed by atoms with E-state index >= 15 is 0 Å². The van der Waals surface area contributed by atoms with Gasteiger partial charge in [0.15, 0.2) is 0 Å². The first-order valence-corrected chi connectivity index (χ1v) is 11.4. The van der Waals surface area contributed by atoms with Gasteiger partial charge in [0.25, 0.3) is 0 Å². The van der Waals surface area contributed by atoms with Gasteiger partial charge < -0.3 is 0 Å². The molecule has 0 saturated heterocycles. The second-order valence-corrected chi connectivity index (χ2v) is 6.96. The molecule has 0 fully saturated rings. The van der Waals surface area contributed by atoms with Crippen LogP contribution in [-0.4, -0.2) is 17.6 Å². The molecule has 0 nitrogen and oxygen atoms in total. The topological polar surface area (TPSA) is 0 Å². The molecular formula is C7H7ISb. The van der Waals surface area contributed by atoms with Crippen LogP contribution in [0.3, 0.4) is 0 Å². The summed E-state index contributed by atoms with van der Waals surface area (Å²) < 4.78 is 1.59. The van der Waals surface area contributed by atoms with Crippen molar-refractivity contribution in [3.05, 3.63) is 29.8 Å². The fourth-order valence-electron chi connectivity index (χ4n) is 0.658. The van der Waals surface area contributed by atoms with E-state index in [0.717, 1.165) is 0 Å². The van der Waals surface area contributed by atoms with Gasteiger partial charge in [0.2, 0.25) is 0 Å². The molecule has 0 amide bonds. The predicted molar refractivity (Wildman–Crippen MR) is 50.6 cm³/mol. The molecule has 0 aliphatic carbocycles. The normalized spacial score (nSPS) is 9.56. The number of rotatable bonds is 1. The van der Waals surface area contributed by atoms with Crippen molar-refractivity contribution < 1.29 is 0 Å². The van der Waals surface area contributed by atoms with Crippen molar-refractivity contribution in [1.29, 1.82) is 0 Å². The van der Waals surface area contributed by atoms with E-state index < -0.39 is 0 Å². The van der Waals surface area contributed by atoms with Gasteiger partial charge in [-0.15, -0.1) is 0 Å². The second kappa shape index (κ2) is 3.82. The molecule has 0 unspecified atom stereocenters. The average molecular weight is 340 g/mol. The van der Waals surface area contributed by atoms with Crippen LogP contribution in [0.4, 0.5) is 0 Å². The molecule has 1 radical (unpaired) electrons. The minimum atomic E-state index is -0.0543. The minimum absolute atomic E-state index is 0.0543. The first-order chi connectivity index (χ1) is 4.34. The quantitative estimate of drug-likeness (QED) is 0.539. The Labute approximate surface area is 75.6 Å². The Morgan fingerprint density at radius 2 is 2.00 bits per heavy atom. The first kappa shape index (κ1) is 7.87. The van der Waals surface area contributed by atoms with Gasteiger partial charge in [-0.25, -0.2) is 0 Å². The molecule has 1 aromatic rings. The van der Waals surface area contributed by atoms with Crippen molar-refractivity contribution in [3.8, 4) is 0 Å². The van der Waals surface area contributed by atoms with Gasteiger partial charge in [0.05, 0.1) is 0 Å². The molecule has 0 aliphatic heterocycles. The molecule has 2 heteroatoms. The van der Waals surface area contributed by atoms with Crippen LogP contribution < -0.4 is 3.51 Å². The molecule has 0 saturated carbocycles. The van der Waals surface area contributed by atoms with Crippen LogP contribution in [0.5, 0.6) is 0 Å². The molecule has 0 aromatic heterocycles. The molecule has 0 aliphatic rings. The molecule has 0 atom stereocenters. The summed E-state index contributed by atoms with van der Waals surface area (Å²) in [5, 5.41) is 0. The number of halogens is 1. The van der Waals surface area contributed by atoms with Gasteiger partial charge in [-0.1, -0.05) is 0 Å². The number of hydrogen-bond acceptors (Lipinski definition) is 0. The molecule has 9 heavy (non-hydrogen) atoms. The standard InChI is InChI=1S/C7H7.HI.Sb/c1-7-5-3-2-4-6-7;;/h2-5H,1H3;1H;/q;;+1/p-1. The molecule has 0 bridgehead atoms. The monoisotopic (exact) mass is 339 g/mol. The summed E-state index contributed by atoms with van der Waals surface area (Å²) >= 11 is 2.47. The maximum atomic E-state index is 2.53. The van der Waals surface area contributed by atoms with Crippen LogP contribution in [0.25, 0.3) is 0 Å². The van der Waals surface area contributed by atoms with Crippen LogP contribution in [0.15, 0.2) is 24.3 Å². The molecule has 47 valence electrons. The van der Waals surface area contributed by atoms with Gasteiger partial charge in [-0.05, 0) is 0 Å². The average Bonchev–Trinajstić information content (AvgIpc) is 1.89. The van der Waals surface area contributed by atoms with Crippen LogP contribution >= 0.6 is 18.5 Å². The molecule has 1 rings (SSSR count). The number of aryl methyl sites for hydroxylation is 1. The van der Waals surface area contributed by atoms with Crippen LogP contribution in [0.2, 0.25) is 0 Å². The van der Waals surface area contributed by atoms with E-state index in [0.29, 0.717) is 0 Å². The second-order valence-electron chi connectivity index (χ2n) is 1.87. The van der Waals surface area contributed by atoms with Crippen LogP contribution in [0.1, 0.15) is 5.56 Å². The Morgan fingerprint density at radius 1 is 1.33 bits per heavy atom. The zero-order chi connectivity index (χ0) is 6.69. The van der Waals surface area contributed by atoms with E-state index in [1.54, 1.807) is 3.51 Å². The third-order valence-corrected chi connectivity index (χ3v) is 6.64.